The summed E-state index contributed by atoms with van der Waals surface area (Å²) in [5.41, 5.74) is -0.563. The standard InChI is InChI=1S/C13H10F2INO3/c1-2-20-12(18)6-17-5-11(16)7-3-9(14)10(15)4-8(7)13(17)19/h3-5H,2,6H2,1H3. The normalized spacial score (nSPS) is 10.8. The van der Waals surface area contributed by atoms with Crippen LogP contribution in [0, 0.1) is 15.2 Å². The predicted octanol–water partition coefficient (Wildman–Crippen LogP) is 2.45. The molecule has 0 aliphatic carbocycles. The first-order chi connectivity index (χ1) is 9.43. The summed E-state index contributed by atoms with van der Waals surface area (Å²) in [5, 5.41) is 0.342. The van der Waals surface area contributed by atoms with Crippen molar-refractivity contribution in [1.29, 1.82) is 0 Å². The number of nitrogens with zero attached hydrogens (tertiary/aromatic N) is 1. The zero-order chi connectivity index (χ0) is 14.9. The summed E-state index contributed by atoms with van der Waals surface area (Å²) in [6.45, 7) is 1.60. The molecule has 0 amide bonds. The molecule has 20 heavy (non-hydrogen) atoms. The SMILES string of the molecule is CCOC(=O)Cn1cc(I)c2cc(F)c(F)cc2c1=O. The highest BCUT2D eigenvalue weighted by molar-refractivity contribution is 14.1. The van der Waals surface area contributed by atoms with E-state index in [1.165, 1.54) is 6.20 Å². The van der Waals surface area contributed by atoms with Crippen LogP contribution < -0.4 is 5.56 Å². The summed E-state index contributed by atoms with van der Waals surface area (Å²) in [7, 11) is 0. The first-order valence-corrected chi connectivity index (χ1v) is 6.85. The van der Waals surface area contributed by atoms with Gasteiger partial charge in [0.05, 0.1) is 12.0 Å². The van der Waals surface area contributed by atoms with Crippen molar-refractivity contribution in [2.45, 2.75) is 13.5 Å². The van der Waals surface area contributed by atoms with E-state index >= 15 is 0 Å². The largest absolute Gasteiger partial charge is 0.465 e. The third-order valence-electron chi connectivity index (χ3n) is 2.68. The van der Waals surface area contributed by atoms with E-state index in [4.69, 9.17) is 4.74 Å². The molecule has 1 heterocycles. The number of hydrogen-bond acceptors (Lipinski definition) is 3. The maximum Gasteiger partial charge on any atom is 0.326 e. The van der Waals surface area contributed by atoms with Gasteiger partial charge >= 0.3 is 5.97 Å². The second-order valence-electron chi connectivity index (χ2n) is 4.03. The van der Waals surface area contributed by atoms with Gasteiger partial charge in [-0.2, -0.15) is 0 Å². The van der Waals surface area contributed by atoms with E-state index in [0.717, 1.165) is 16.7 Å². The van der Waals surface area contributed by atoms with Crippen LogP contribution in [0.25, 0.3) is 10.8 Å². The third kappa shape index (κ3) is 2.82. The summed E-state index contributed by atoms with van der Waals surface area (Å²) in [5.74, 6) is -2.68. The third-order valence-corrected chi connectivity index (χ3v) is 3.54. The topological polar surface area (TPSA) is 48.3 Å². The molecule has 0 saturated heterocycles. The average molecular weight is 393 g/mol. The summed E-state index contributed by atoms with van der Waals surface area (Å²) < 4.78 is 32.9. The number of pyridine rings is 1. The fourth-order valence-corrected chi connectivity index (χ4v) is 2.59. The van der Waals surface area contributed by atoms with Gasteiger partial charge in [-0.05, 0) is 41.6 Å². The lowest BCUT2D eigenvalue weighted by Gasteiger charge is -2.09. The Morgan fingerprint density at radius 1 is 1.30 bits per heavy atom. The van der Waals surface area contributed by atoms with Gasteiger partial charge in [-0.3, -0.25) is 9.59 Å². The molecule has 0 unspecified atom stereocenters. The van der Waals surface area contributed by atoms with Crippen LogP contribution in [0.4, 0.5) is 8.78 Å². The van der Waals surface area contributed by atoms with Crippen LogP contribution in [0.2, 0.25) is 0 Å². The van der Waals surface area contributed by atoms with E-state index in [9.17, 15) is 18.4 Å². The Hall–Kier alpha value is -1.51. The molecule has 7 heteroatoms. The minimum atomic E-state index is -1.10. The minimum absolute atomic E-state index is 0.0279. The van der Waals surface area contributed by atoms with Gasteiger partial charge in [-0.1, -0.05) is 0 Å². The van der Waals surface area contributed by atoms with Crippen molar-refractivity contribution in [3.05, 3.63) is 43.9 Å². The summed E-state index contributed by atoms with van der Waals surface area (Å²) in [6.07, 6.45) is 1.42. The highest BCUT2D eigenvalue weighted by Crippen LogP contribution is 2.20. The van der Waals surface area contributed by atoms with Gasteiger partial charge < -0.3 is 9.30 Å². The zero-order valence-electron chi connectivity index (χ0n) is 10.5. The zero-order valence-corrected chi connectivity index (χ0v) is 12.6. The number of halogens is 3. The number of fused-ring (bicyclic) bond motifs is 1. The lowest BCUT2D eigenvalue weighted by molar-refractivity contribution is -0.143. The molecule has 0 fully saturated rings. The number of carbonyl (C=O) groups excluding carboxylic acids is 1. The maximum atomic E-state index is 13.3. The Morgan fingerprint density at radius 3 is 2.50 bits per heavy atom. The highest BCUT2D eigenvalue weighted by Gasteiger charge is 2.13. The van der Waals surface area contributed by atoms with Gasteiger partial charge in [-0.15, -0.1) is 0 Å². The molecule has 2 aromatic rings. The van der Waals surface area contributed by atoms with E-state index in [2.05, 4.69) is 0 Å². The van der Waals surface area contributed by atoms with Gasteiger partial charge in [0, 0.05) is 15.2 Å². The number of aromatic nitrogens is 1. The second-order valence-corrected chi connectivity index (χ2v) is 5.19. The molecular weight excluding hydrogens is 383 g/mol. The summed E-state index contributed by atoms with van der Waals surface area (Å²) in [6, 6.07) is 1.82. The number of esters is 1. The smallest absolute Gasteiger partial charge is 0.326 e. The van der Waals surface area contributed by atoms with Crippen molar-refractivity contribution in [2.24, 2.45) is 0 Å². The van der Waals surface area contributed by atoms with Crippen LogP contribution in [0.1, 0.15) is 6.92 Å². The Kier molecular flexibility index (Phi) is 4.36. The van der Waals surface area contributed by atoms with Crippen molar-refractivity contribution < 1.29 is 18.3 Å². The van der Waals surface area contributed by atoms with Gasteiger partial charge in [0.1, 0.15) is 6.54 Å². The molecule has 0 atom stereocenters. The van der Waals surface area contributed by atoms with Crippen LogP contribution in [-0.4, -0.2) is 17.1 Å². The Labute approximate surface area is 126 Å². The molecule has 0 spiro atoms. The van der Waals surface area contributed by atoms with E-state index in [1.54, 1.807) is 6.92 Å². The Balaban J connectivity index is 2.59. The highest BCUT2D eigenvalue weighted by atomic mass is 127. The summed E-state index contributed by atoms with van der Waals surface area (Å²) in [4.78, 5) is 23.6. The molecule has 0 aliphatic heterocycles. The molecule has 0 aliphatic rings. The second kappa shape index (κ2) is 5.86. The van der Waals surface area contributed by atoms with E-state index in [1.807, 2.05) is 22.6 Å². The molecule has 2 rings (SSSR count). The average Bonchev–Trinajstić information content (AvgIpc) is 2.38. The van der Waals surface area contributed by atoms with Crippen molar-refractivity contribution in [3.63, 3.8) is 0 Å². The number of carbonyl (C=O) groups is 1. The molecule has 1 aromatic carbocycles. The van der Waals surface area contributed by atoms with Gasteiger partial charge in [-0.25, -0.2) is 8.78 Å². The van der Waals surface area contributed by atoms with Crippen molar-refractivity contribution in [1.82, 2.24) is 4.57 Å². The molecule has 106 valence electrons. The van der Waals surface area contributed by atoms with Crippen molar-refractivity contribution in [3.8, 4) is 0 Å². The predicted molar refractivity (Wildman–Crippen MR) is 77.5 cm³/mol. The Morgan fingerprint density at radius 2 is 1.90 bits per heavy atom. The first-order valence-electron chi connectivity index (χ1n) is 5.77. The van der Waals surface area contributed by atoms with E-state index < -0.39 is 23.2 Å². The van der Waals surface area contributed by atoms with Gasteiger partial charge in [0.2, 0.25) is 0 Å². The number of ether oxygens (including phenoxy) is 1. The van der Waals surface area contributed by atoms with Crippen LogP contribution in [0.5, 0.6) is 0 Å². The lowest BCUT2D eigenvalue weighted by Crippen LogP contribution is -2.25. The molecular formula is C13H10F2INO3. The van der Waals surface area contributed by atoms with Crippen LogP contribution in [0.3, 0.4) is 0 Å². The summed E-state index contributed by atoms with van der Waals surface area (Å²) >= 11 is 1.90. The molecule has 0 N–H and O–H groups in total. The van der Waals surface area contributed by atoms with Crippen LogP contribution >= 0.6 is 22.6 Å². The minimum Gasteiger partial charge on any atom is -0.465 e. The lowest BCUT2D eigenvalue weighted by atomic mass is 10.1. The number of rotatable bonds is 3. The fraction of sp³-hybridized carbons (Fsp3) is 0.231. The maximum absolute atomic E-state index is 13.3. The van der Waals surface area contributed by atoms with E-state index in [0.29, 0.717) is 8.96 Å². The molecule has 0 bridgehead atoms. The molecule has 0 radical (unpaired) electrons. The fourth-order valence-electron chi connectivity index (χ4n) is 1.80. The first kappa shape index (κ1) is 14.9. The van der Waals surface area contributed by atoms with Crippen LogP contribution in [-0.2, 0) is 16.1 Å². The van der Waals surface area contributed by atoms with E-state index in [-0.39, 0.29) is 18.5 Å². The monoisotopic (exact) mass is 393 g/mol. The van der Waals surface area contributed by atoms with Crippen molar-refractivity contribution >= 4 is 39.3 Å². The van der Waals surface area contributed by atoms with Gasteiger partial charge in [0.25, 0.3) is 5.56 Å². The molecule has 4 nitrogen and oxygen atoms in total. The molecule has 1 aromatic heterocycles. The van der Waals surface area contributed by atoms with Crippen molar-refractivity contribution in [2.75, 3.05) is 6.61 Å². The quantitative estimate of drug-likeness (QED) is 0.595. The molecule has 0 saturated carbocycles. The number of hydrogen-bond donors (Lipinski definition) is 0. The van der Waals surface area contributed by atoms with Crippen LogP contribution in [0.15, 0.2) is 23.1 Å². The number of benzene rings is 1. The Bertz CT molecular complexity index is 742. The van der Waals surface area contributed by atoms with Gasteiger partial charge in [0.15, 0.2) is 11.6 Å².